The number of methoxy groups -OCH3 is 1. The standard InChI is InChI=1S/C13H20BrN3OS.HI/c1-15-13(16-7-11-3-4-12(14)19-11)17-6-5-10(8-17)9-18-2;/h3-4,10H,5-9H2,1-2H3,(H,15,16);1H. The van der Waals surface area contributed by atoms with Crippen LogP contribution in [0.2, 0.25) is 0 Å². The van der Waals surface area contributed by atoms with E-state index in [4.69, 9.17) is 4.74 Å². The number of nitrogens with one attached hydrogen (secondary N) is 1. The van der Waals surface area contributed by atoms with E-state index >= 15 is 0 Å². The van der Waals surface area contributed by atoms with Crippen LogP contribution in [0.5, 0.6) is 0 Å². The van der Waals surface area contributed by atoms with E-state index in [0.29, 0.717) is 5.92 Å². The molecule has 0 aliphatic carbocycles. The number of nitrogens with zero attached hydrogens (tertiary/aromatic N) is 2. The maximum absolute atomic E-state index is 5.23. The SMILES string of the molecule is CN=C(NCc1ccc(Br)s1)N1CCC(COC)C1.I. The van der Waals surface area contributed by atoms with Gasteiger partial charge in [-0.15, -0.1) is 35.3 Å². The second kappa shape index (κ2) is 9.22. The van der Waals surface area contributed by atoms with Crippen LogP contribution in [-0.2, 0) is 11.3 Å². The lowest BCUT2D eigenvalue weighted by Crippen LogP contribution is -2.39. The van der Waals surface area contributed by atoms with E-state index in [2.05, 4.69) is 43.3 Å². The number of guanidine groups is 1. The van der Waals surface area contributed by atoms with Gasteiger partial charge in [0, 0.05) is 38.0 Å². The van der Waals surface area contributed by atoms with Crippen LogP contribution in [-0.4, -0.2) is 44.7 Å². The number of thiophene rings is 1. The lowest BCUT2D eigenvalue weighted by molar-refractivity contribution is 0.157. The zero-order valence-corrected chi connectivity index (χ0v) is 16.5. The first-order valence-corrected chi connectivity index (χ1v) is 8.02. The Morgan fingerprint density at radius 1 is 1.60 bits per heavy atom. The zero-order chi connectivity index (χ0) is 13.7. The molecule has 1 saturated heterocycles. The third-order valence-corrected chi connectivity index (χ3v) is 4.87. The Kier molecular flexibility index (Phi) is 8.38. The van der Waals surface area contributed by atoms with Gasteiger partial charge in [-0.3, -0.25) is 4.99 Å². The van der Waals surface area contributed by atoms with Crippen molar-refractivity contribution in [3.05, 3.63) is 20.8 Å². The normalized spacial score (nSPS) is 19.1. The minimum Gasteiger partial charge on any atom is -0.384 e. The van der Waals surface area contributed by atoms with Crippen LogP contribution < -0.4 is 5.32 Å². The molecule has 1 aliphatic heterocycles. The van der Waals surface area contributed by atoms with Crippen molar-refractivity contribution in [2.75, 3.05) is 33.9 Å². The van der Waals surface area contributed by atoms with Gasteiger partial charge in [-0.1, -0.05) is 0 Å². The Labute approximate surface area is 150 Å². The molecular weight excluding hydrogens is 453 g/mol. The van der Waals surface area contributed by atoms with Gasteiger partial charge in [0.1, 0.15) is 0 Å². The predicted molar refractivity (Wildman–Crippen MR) is 99.2 cm³/mol. The molecule has 1 aromatic heterocycles. The summed E-state index contributed by atoms with van der Waals surface area (Å²) in [5.41, 5.74) is 0. The molecule has 1 N–H and O–H groups in total. The van der Waals surface area contributed by atoms with E-state index in [-0.39, 0.29) is 24.0 Å². The summed E-state index contributed by atoms with van der Waals surface area (Å²) >= 11 is 5.24. The van der Waals surface area contributed by atoms with Crippen LogP contribution in [0.3, 0.4) is 0 Å². The zero-order valence-electron chi connectivity index (χ0n) is 11.8. The molecule has 4 nitrogen and oxygen atoms in total. The smallest absolute Gasteiger partial charge is 0.193 e. The van der Waals surface area contributed by atoms with Crippen molar-refractivity contribution in [1.82, 2.24) is 10.2 Å². The Hall–Kier alpha value is 0.140. The second-order valence-electron chi connectivity index (χ2n) is 4.66. The van der Waals surface area contributed by atoms with Crippen molar-refractivity contribution in [3.8, 4) is 0 Å². The maximum atomic E-state index is 5.23. The van der Waals surface area contributed by atoms with E-state index in [0.717, 1.165) is 32.2 Å². The summed E-state index contributed by atoms with van der Waals surface area (Å²) in [6.45, 7) is 3.75. The molecule has 0 amide bonds. The number of likely N-dealkylation sites (tertiary alicyclic amines) is 1. The van der Waals surface area contributed by atoms with Crippen molar-refractivity contribution in [3.63, 3.8) is 0 Å². The van der Waals surface area contributed by atoms with Crippen LogP contribution in [0.4, 0.5) is 0 Å². The summed E-state index contributed by atoms with van der Waals surface area (Å²) in [4.78, 5) is 7.99. The van der Waals surface area contributed by atoms with Crippen molar-refractivity contribution < 1.29 is 4.74 Å². The van der Waals surface area contributed by atoms with E-state index in [1.165, 1.54) is 15.1 Å². The van der Waals surface area contributed by atoms with Gasteiger partial charge in [0.2, 0.25) is 0 Å². The third kappa shape index (κ3) is 5.16. The topological polar surface area (TPSA) is 36.9 Å². The van der Waals surface area contributed by atoms with Gasteiger partial charge in [0.15, 0.2) is 5.96 Å². The molecule has 1 unspecified atom stereocenters. The molecule has 1 fully saturated rings. The molecular formula is C13H21BrIN3OS. The van der Waals surface area contributed by atoms with Gasteiger partial charge in [-0.2, -0.15) is 0 Å². The minimum absolute atomic E-state index is 0. The minimum atomic E-state index is 0. The Morgan fingerprint density at radius 2 is 2.40 bits per heavy atom. The summed E-state index contributed by atoms with van der Waals surface area (Å²) in [5, 5.41) is 3.43. The molecule has 7 heteroatoms. The average Bonchev–Trinajstić information content (AvgIpc) is 3.01. The van der Waals surface area contributed by atoms with E-state index in [1.807, 2.05) is 7.05 Å². The van der Waals surface area contributed by atoms with Crippen LogP contribution >= 0.6 is 51.2 Å². The summed E-state index contributed by atoms with van der Waals surface area (Å²) in [6.07, 6.45) is 1.18. The fourth-order valence-electron chi connectivity index (χ4n) is 2.34. The van der Waals surface area contributed by atoms with Gasteiger partial charge in [0.25, 0.3) is 0 Å². The number of hydrogen-bond acceptors (Lipinski definition) is 3. The average molecular weight is 474 g/mol. The van der Waals surface area contributed by atoms with Gasteiger partial charge in [-0.05, 0) is 34.5 Å². The fourth-order valence-corrected chi connectivity index (χ4v) is 3.76. The molecule has 0 spiro atoms. The lowest BCUT2D eigenvalue weighted by Gasteiger charge is -2.21. The molecule has 20 heavy (non-hydrogen) atoms. The van der Waals surface area contributed by atoms with Crippen molar-refractivity contribution in [1.29, 1.82) is 0 Å². The number of ether oxygens (including phenoxy) is 1. The van der Waals surface area contributed by atoms with Crippen LogP contribution in [0.1, 0.15) is 11.3 Å². The molecule has 0 saturated carbocycles. The molecule has 0 bridgehead atoms. The summed E-state index contributed by atoms with van der Waals surface area (Å²) in [6, 6.07) is 4.21. The lowest BCUT2D eigenvalue weighted by atomic mass is 10.1. The number of hydrogen-bond donors (Lipinski definition) is 1. The Bertz CT molecular complexity index is 441. The van der Waals surface area contributed by atoms with Crippen LogP contribution in [0, 0.1) is 5.92 Å². The number of rotatable bonds is 4. The summed E-state index contributed by atoms with van der Waals surface area (Å²) in [5.74, 6) is 1.61. The highest BCUT2D eigenvalue weighted by molar-refractivity contribution is 14.0. The van der Waals surface area contributed by atoms with E-state index < -0.39 is 0 Å². The van der Waals surface area contributed by atoms with Crippen molar-refractivity contribution in [2.24, 2.45) is 10.9 Å². The van der Waals surface area contributed by atoms with Crippen LogP contribution in [0.25, 0.3) is 0 Å². The first kappa shape index (κ1) is 18.2. The van der Waals surface area contributed by atoms with Gasteiger partial charge in [0.05, 0.1) is 16.9 Å². The highest BCUT2D eigenvalue weighted by Gasteiger charge is 2.24. The second-order valence-corrected chi connectivity index (χ2v) is 7.21. The monoisotopic (exact) mass is 473 g/mol. The highest BCUT2D eigenvalue weighted by Crippen LogP contribution is 2.22. The largest absolute Gasteiger partial charge is 0.384 e. The van der Waals surface area contributed by atoms with Crippen LogP contribution in [0.15, 0.2) is 20.9 Å². The number of aliphatic imine (C=N–C) groups is 1. The molecule has 0 aromatic carbocycles. The fraction of sp³-hybridized carbons (Fsp3) is 0.615. The molecule has 1 atom stereocenters. The molecule has 1 aromatic rings. The van der Waals surface area contributed by atoms with Gasteiger partial charge < -0.3 is 15.0 Å². The highest BCUT2D eigenvalue weighted by atomic mass is 127. The van der Waals surface area contributed by atoms with Gasteiger partial charge in [-0.25, -0.2) is 0 Å². The Morgan fingerprint density at radius 3 is 3.00 bits per heavy atom. The molecule has 2 rings (SSSR count). The first-order chi connectivity index (χ1) is 9.22. The quantitative estimate of drug-likeness (QED) is 0.414. The molecule has 1 aliphatic rings. The number of halogens is 2. The summed E-state index contributed by atoms with van der Waals surface area (Å²) < 4.78 is 6.40. The van der Waals surface area contributed by atoms with E-state index in [9.17, 15) is 0 Å². The van der Waals surface area contributed by atoms with Crippen molar-refractivity contribution >= 4 is 57.2 Å². The molecule has 0 radical (unpaired) electrons. The van der Waals surface area contributed by atoms with Gasteiger partial charge >= 0.3 is 0 Å². The maximum Gasteiger partial charge on any atom is 0.193 e. The Balaban J connectivity index is 0.00000200. The predicted octanol–water partition coefficient (Wildman–Crippen LogP) is 3.17. The summed E-state index contributed by atoms with van der Waals surface area (Å²) in [7, 11) is 3.61. The third-order valence-electron chi connectivity index (χ3n) is 3.25. The van der Waals surface area contributed by atoms with Crippen molar-refractivity contribution in [2.45, 2.75) is 13.0 Å². The van der Waals surface area contributed by atoms with E-state index in [1.54, 1.807) is 18.4 Å². The molecule has 114 valence electrons. The molecule has 2 heterocycles. The first-order valence-electron chi connectivity index (χ1n) is 6.41.